The molecular formula is C18H15N3O3. The van der Waals surface area contributed by atoms with E-state index in [1.165, 1.54) is 30.3 Å². The van der Waals surface area contributed by atoms with Gasteiger partial charge in [-0.25, -0.2) is 0 Å². The number of nitrogens with one attached hydrogen (secondary N) is 1. The van der Waals surface area contributed by atoms with Crippen LogP contribution in [0.25, 0.3) is 6.08 Å². The molecule has 2 rings (SSSR count). The van der Waals surface area contributed by atoms with Crippen LogP contribution in [-0.4, -0.2) is 10.8 Å². The van der Waals surface area contributed by atoms with Gasteiger partial charge in [0, 0.05) is 12.1 Å². The maximum absolute atomic E-state index is 12.2. The minimum atomic E-state index is -0.507. The second-order valence-electron chi connectivity index (χ2n) is 5.12. The van der Waals surface area contributed by atoms with Crippen molar-refractivity contribution in [1.82, 2.24) is 5.32 Å². The molecule has 0 radical (unpaired) electrons. The highest BCUT2D eigenvalue weighted by atomic mass is 16.6. The summed E-state index contributed by atoms with van der Waals surface area (Å²) < 4.78 is 0. The first-order valence-electron chi connectivity index (χ1n) is 7.23. The Bertz CT molecular complexity index is 806. The molecule has 24 heavy (non-hydrogen) atoms. The largest absolute Gasteiger partial charge is 0.345 e. The number of rotatable bonds is 5. The number of nitrogens with zero attached hydrogens (tertiary/aromatic N) is 2. The third-order valence-electron chi connectivity index (χ3n) is 3.43. The summed E-state index contributed by atoms with van der Waals surface area (Å²) in [7, 11) is 0. The molecule has 2 aromatic carbocycles. The van der Waals surface area contributed by atoms with Crippen molar-refractivity contribution in [3.8, 4) is 6.07 Å². The number of carbonyl (C=O) groups excluding carboxylic acids is 1. The van der Waals surface area contributed by atoms with Gasteiger partial charge < -0.3 is 5.32 Å². The number of nitro benzene ring substituents is 1. The summed E-state index contributed by atoms with van der Waals surface area (Å²) in [5.41, 5.74) is 1.36. The highest BCUT2D eigenvalue weighted by molar-refractivity contribution is 6.01. The van der Waals surface area contributed by atoms with E-state index < -0.39 is 10.8 Å². The maximum atomic E-state index is 12.2. The molecule has 0 bridgehead atoms. The molecule has 6 heteroatoms. The van der Waals surface area contributed by atoms with Gasteiger partial charge in [-0.2, -0.15) is 5.26 Å². The van der Waals surface area contributed by atoms with Crippen molar-refractivity contribution in [2.45, 2.75) is 13.0 Å². The van der Waals surface area contributed by atoms with Gasteiger partial charge in [0.25, 0.3) is 11.6 Å². The zero-order chi connectivity index (χ0) is 17.5. The van der Waals surface area contributed by atoms with E-state index in [9.17, 15) is 20.2 Å². The molecule has 0 fully saturated rings. The average molecular weight is 321 g/mol. The summed E-state index contributed by atoms with van der Waals surface area (Å²) in [6.45, 7) is 1.83. The van der Waals surface area contributed by atoms with Crippen LogP contribution in [-0.2, 0) is 4.79 Å². The first-order chi connectivity index (χ1) is 11.5. The molecule has 0 saturated heterocycles. The predicted molar refractivity (Wildman–Crippen MR) is 89.7 cm³/mol. The van der Waals surface area contributed by atoms with Gasteiger partial charge in [-0.05, 0) is 36.3 Å². The Morgan fingerprint density at radius 2 is 1.83 bits per heavy atom. The fourth-order valence-electron chi connectivity index (χ4n) is 2.11. The van der Waals surface area contributed by atoms with E-state index in [1.54, 1.807) is 0 Å². The van der Waals surface area contributed by atoms with Crippen molar-refractivity contribution in [1.29, 1.82) is 5.26 Å². The summed E-state index contributed by atoms with van der Waals surface area (Å²) >= 11 is 0. The molecule has 0 heterocycles. The first-order valence-corrected chi connectivity index (χ1v) is 7.23. The second-order valence-corrected chi connectivity index (χ2v) is 5.12. The molecule has 2 aromatic rings. The van der Waals surface area contributed by atoms with Crippen molar-refractivity contribution < 1.29 is 9.72 Å². The van der Waals surface area contributed by atoms with Gasteiger partial charge in [-0.3, -0.25) is 14.9 Å². The van der Waals surface area contributed by atoms with Crippen LogP contribution in [0.3, 0.4) is 0 Å². The Hall–Kier alpha value is -3.46. The van der Waals surface area contributed by atoms with Crippen molar-refractivity contribution in [3.63, 3.8) is 0 Å². The van der Waals surface area contributed by atoms with Crippen molar-refractivity contribution in [3.05, 3.63) is 81.4 Å². The molecule has 0 aromatic heterocycles. The molecule has 1 atom stereocenters. The molecule has 0 aliphatic carbocycles. The highest BCUT2D eigenvalue weighted by Crippen LogP contribution is 2.16. The lowest BCUT2D eigenvalue weighted by Crippen LogP contribution is -2.27. The second kappa shape index (κ2) is 7.70. The van der Waals surface area contributed by atoms with E-state index in [0.29, 0.717) is 5.56 Å². The zero-order valence-corrected chi connectivity index (χ0v) is 13.0. The molecule has 0 saturated carbocycles. The van der Waals surface area contributed by atoms with Gasteiger partial charge in [0.2, 0.25) is 0 Å². The summed E-state index contributed by atoms with van der Waals surface area (Å²) in [5.74, 6) is -0.493. The number of hydrogen-bond donors (Lipinski definition) is 1. The molecule has 1 amide bonds. The number of carbonyl (C=O) groups is 1. The topological polar surface area (TPSA) is 96.0 Å². The minimum absolute atomic E-state index is 0.0483. The van der Waals surface area contributed by atoms with Gasteiger partial charge in [0.15, 0.2) is 0 Å². The fraction of sp³-hybridized carbons (Fsp3) is 0.111. The highest BCUT2D eigenvalue weighted by Gasteiger charge is 2.14. The summed E-state index contributed by atoms with van der Waals surface area (Å²) in [4.78, 5) is 22.3. The van der Waals surface area contributed by atoms with E-state index >= 15 is 0 Å². The number of nitro groups is 1. The SMILES string of the molecule is C[C@H](NC(=O)/C(C#N)=C\c1ccc([N+](=O)[O-])cc1)c1ccccc1. The number of benzene rings is 2. The predicted octanol–water partition coefficient (Wildman–Crippen LogP) is 3.38. The maximum Gasteiger partial charge on any atom is 0.269 e. The lowest BCUT2D eigenvalue weighted by atomic mass is 10.1. The smallest absolute Gasteiger partial charge is 0.269 e. The monoisotopic (exact) mass is 321 g/mol. The van der Waals surface area contributed by atoms with Crippen molar-refractivity contribution >= 4 is 17.7 Å². The summed E-state index contributed by atoms with van der Waals surface area (Å²) in [6, 6.07) is 16.6. The van der Waals surface area contributed by atoms with E-state index in [2.05, 4.69) is 5.32 Å². The van der Waals surface area contributed by atoms with Gasteiger partial charge in [-0.1, -0.05) is 30.3 Å². The van der Waals surface area contributed by atoms with Crippen LogP contribution in [0.5, 0.6) is 0 Å². The van der Waals surface area contributed by atoms with Crippen LogP contribution in [0.15, 0.2) is 60.2 Å². The minimum Gasteiger partial charge on any atom is -0.345 e. The Morgan fingerprint density at radius 1 is 1.21 bits per heavy atom. The zero-order valence-electron chi connectivity index (χ0n) is 13.0. The standard InChI is InChI=1S/C18H15N3O3/c1-13(15-5-3-2-4-6-15)20-18(22)16(12-19)11-14-7-9-17(10-8-14)21(23)24/h2-11,13H,1H3,(H,20,22)/b16-11-/t13-/m0/s1. The van der Waals surface area contributed by atoms with E-state index in [4.69, 9.17) is 0 Å². The van der Waals surface area contributed by atoms with Gasteiger partial charge >= 0.3 is 0 Å². The molecule has 120 valence electrons. The Balaban J connectivity index is 2.13. The normalized spacial score (nSPS) is 12.1. The van der Waals surface area contributed by atoms with Gasteiger partial charge in [0.05, 0.1) is 11.0 Å². The van der Waals surface area contributed by atoms with Crippen molar-refractivity contribution in [2.24, 2.45) is 0 Å². The van der Waals surface area contributed by atoms with Gasteiger partial charge in [0.1, 0.15) is 11.6 Å². The van der Waals surface area contributed by atoms with Crippen LogP contribution >= 0.6 is 0 Å². The number of amides is 1. The molecule has 6 nitrogen and oxygen atoms in total. The van der Waals surface area contributed by atoms with Crippen LogP contribution in [0.4, 0.5) is 5.69 Å². The fourth-order valence-corrected chi connectivity index (χ4v) is 2.11. The molecule has 0 aliphatic rings. The van der Waals surface area contributed by atoms with Gasteiger partial charge in [-0.15, -0.1) is 0 Å². The van der Waals surface area contributed by atoms with Crippen LogP contribution in [0, 0.1) is 21.4 Å². The van der Waals surface area contributed by atoms with E-state index in [1.807, 2.05) is 43.3 Å². The Kier molecular flexibility index (Phi) is 5.42. The van der Waals surface area contributed by atoms with Crippen LogP contribution in [0.2, 0.25) is 0 Å². The number of nitriles is 1. The molecular weight excluding hydrogens is 306 g/mol. The third kappa shape index (κ3) is 4.27. The molecule has 0 aliphatic heterocycles. The number of hydrogen-bond acceptors (Lipinski definition) is 4. The Labute approximate surface area is 139 Å². The quantitative estimate of drug-likeness (QED) is 0.395. The van der Waals surface area contributed by atoms with Crippen molar-refractivity contribution in [2.75, 3.05) is 0 Å². The van der Waals surface area contributed by atoms with E-state index in [0.717, 1.165) is 5.56 Å². The molecule has 1 N–H and O–H groups in total. The third-order valence-corrected chi connectivity index (χ3v) is 3.43. The summed E-state index contributed by atoms with van der Waals surface area (Å²) in [5, 5.41) is 22.6. The van der Waals surface area contributed by atoms with Crippen LogP contribution < -0.4 is 5.32 Å². The van der Waals surface area contributed by atoms with E-state index in [-0.39, 0.29) is 17.3 Å². The molecule has 0 spiro atoms. The lowest BCUT2D eigenvalue weighted by molar-refractivity contribution is -0.384. The molecule has 0 unspecified atom stereocenters. The Morgan fingerprint density at radius 3 is 2.38 bits per heavy atom. The number of non-ortho nitro benzene ring substituents is 1. The summed E-state index contributed by atoms with van der Waals surface area (Å²) in [6.07, 6.45) is 1.40. The first kappa shape index (κ1) is 16.9. The van der Waals surface area contributed by atoms with Crippen LogP contribution in [0.1, 0.15) is 24.1 Å². The average Bonchev–Trinajstić information content (AvgIpc) is 2.60. The lowest BCUT2D eigenvalue weighted by Gasteiger charge is -2.13.